The van der Waals surface area contributed by atoms with Crippen LogP contribution in [0.3, 0.4) is 0 Å². The van der Waals surface area contributed by atoms with E-state index in [1.165, 1.54) is 32.4 Å². The van der Waals surface area contributed by atoms with Crippen molar-refractivity contribution in [2.75, 3.05) is 39.3 Å². The summed E-state index contributed by atoms with van der Waals surface area (Å²) in [5.41, 5.74) is 5.46. The molecule has 128 valence electrons. The maximum atomic E-state index is 11.8. The number of likely N-dealkylation sites (tertiary alicyclic amines) is 2. The Hall–Kier alpha value is -0.850. The number of amides is 1. The van der Waals surface area contributed by atoms with E-state index in [0.29, 0.717) is 19.1 Å². The number of nitrogens with two attached hydrogens (primary N) is 1. The monoisotopic (exact) mass is 312 g/mol. The molecule has 0 radical (unpaired) electrons. The fourth-order valence-corrected chi connectivity index (χ4v) is 3.38. The van der Waals surface area contributed by atoms with Gasteiger partial charge in [0.05, 0.1) is 0 Å². The summed E-state index contributed by atoms with van der Waals surface area (Å²) in [5, 5.41) is 2.86. The fraction of sp³-hybridized carbons (Fsp3) is 0.938. The Morgan fingerprint density at radius 1 is 1.32 bits per heavy atom. The number of nitrogens with zero attached hydrogens (tertiary/aromatic N) is 2. The molecule has 3 N–H and O–H groups in total. The number of hydrogen-bond acceptors (Lipinski definition) is 5. The first-order chi connectivity index (χ1) is 10.4. The molecular weight excluding hydrogens is 280 g/mol. The molecule has 2 atom stereocenters. The van der Waals surface area contributed by atoms with Gasteiger partial charge in [0.15, 0.2) is 0 Å². The summed E-state index contributed by atoms with van der Waals surface area (Å²) in [6, 6.07) is 0.859. The molecule has 2 rings (SSSR count). The molecule has 6 heteroatoms. The van der Waals surface area contributed by atoms with Crippen molar-refractivity contribution in [3.8, 4) is 0 Å². The van der Waals surface area contributed by atoms with E-state index in [0.717, 1.165) is 13.1 Å². The van der Waals surface area contributed by atoms with Crippen LogP contribution in [-0.4, -0.2) is 72.8 Å². The lowest BCUT2D eigenvalue weighted by atomic mass is 10.2. The maximum absolute atomic E-state index is 11.8. The van der Waals surface area contributed by atoms with Crippen LogP contribution in [0.25, 0.3) is 0 Å². The van der Waals surface area contributed by atoms with Gasteiger partial charge in [-0.2, -0.15) is 0 Å². The van der Waals surface area contributed by atoms with Gasteiger partial charge in [-0.3, -0.25) is 9.80 Å². The molecule has 0 aliphatic carbocycles. The molecule has 0 aromatic rings. The summed E-state index contributed by atoms with van der Waals surface area (Å²) < 4.78 is 5.28. The van der Waals surface area contributed by atoms with Gasteiger partial charge in [0.1, 0.15) is 5.60 Å². The van der Waals surface area contributed by atoms with Crippen molar-refractivity contribution in [2.24, 2.45) is 5.73 Å². The number of carbonyl (C=O) groups excluding carboxylic acids is 1. The third kappa shape index (κ3) is 5.11. The Balaban J connectivity index is 1.76. The first-order valence-corrected chi connectivity index (χ1v) is 8.54. The summed E-state index contributed by atoms with van der Waals surface area (Å²) >= 11 is 0. The van der Waals surface area contributed by atoms with Crippen LogP contribution in [0, 0.1) is 0 Å². The van der Waals surface area contributed by atoms with E-state index in [1.54, 1.807) is 0 Å². The minimum atomic E-state index is -0.462. The van der Waals surface area contributed by atoms with Crippen molar-refractivity contribution in [3.63, 3.8) is 0 Å². The largest absolute Gasteiger partial charge is 0.444 e. The van der Waals surface area contributed by atoms with E-state index in [9.17, 15) is 4.79 Å². The van der Waals surface area contributed by atoms with E-state index in [1.807, 2.05) is 20.8 Å². The summed E-state index contributed by atoms with van der Waals surface area (Å²) in [4.78, 5) is 16.8. The zero-order chi connectivity index (χ0) is 16.2. The number of ether oxygens (including phenoxy) is 1. The van der Waals surface area contributed by atoms with Crippen molar-refractivity contribution in [2.45, 2.75) is 57.7 Å². The van der Waals surface area contributed by atoms with Crippen LogP contribution in [-0.2, 0) is 4.74 Å². The lowest BCUT2D eigenvalue weighted by Crippen LogP contribution is -2.49. The molecule has 2 aliphatic heterocycles. The molecule has 2 fully saturated rings. The van der Waals surface area contributed by atoms with Gasteiger partial charge in [-0.25, -0.2) is 4.79 Å². The molecule has 0 bridgehead atoms. The Bertz CT molecular complexity index is 364. The van der Waals surface area contributed by atoms with Crippen LogP contribution < -0.4 is 11.1 Å². The number of alkyl carbamates (subject to hydrolysis) is 1. The molecule has 2 saturated heterocycles. The van der Waals surface area contributed by atoms with Gasteiger partial charge in [-0.1, -0.05) is 0 Å². The first kappa shape index (κ1) is 17.5. The zero-order valence-electron chi connectivity index (χ0n) is 14.3. The predicted molar refractivity (Wildman–Crippen MR) is 87.9 cm³/mol. The summed E-state index contributed by atoms with van der Waals surface area (Å²) in [5.74, 6) is 0. The molecule has 0 aromatic carbocycles. The lowest BCUT2D eigenvalue weighted by Gasteiger charge is -2.29. The quantitative estimate of drug-likeness (QED) is 0.793. The zero-order valence-corrected chi connectivity index (χ0v) is 14.3. The number of carbonyl (C=O) groups is 1. The van der Waals surface area contributed by atoms with E-state index >= 15 is 0 Å². The Morgan fingerprint density at radius 2 is 2.00 bits per heavy atom. The molecule has 6 nitrogen and oxygen atoms in total. The van der Waals surface area contributed by atoms with Gasteiger partial charge in [0.25, 0.3) is 0 Å². The van der Waals surface area contributed by atoms with Crippen LogP contribution in [0.15, 0.2) is 0 Å². The van der Waals surface area contributed by atoms with Crippen LogP contribution in [0.1, 0.15) is 40.0 Å². The van der Waals surface area contributed by atoms with E-state index in [-0.39, 0.29) is 12.1 Å². The van der Waals surface area contributed by atoms with Gasteiger partial charge >= 0.3 is 6.09 Å². The average molecular weight is 312 g/mol. The van der Waals surface area contributed by atoms with Gasteiger partial charge < -0.3 is 15.8 Å². The van der Waals surface area contributed by atoms with Crippen LogP contribution in [0.2, 0.25) is 0 Å². The molecule has 0 saturated carbocycles. The lowest BCUT2D eigenvalue weighted by molar-refractivity contribution is 0.0511. The average Bonchev–Trinajstić information content (AvgIpc) is 3.08. The Labute approximate surface area is 134 Å². The first-order valence-electron chi connectivity index (χ1n) is 8.54. The smallest absolute Gasteiger partial charge is 0.407 e. The summed E-state index contributed by atoms with van der Waals surface area (Å²) in [7, 11) is 0. The summed E-state index contributed by atoms with van der Waals surface area (Å²) in [6.07, 6.45) is 3.51. The highest BCUT2D eigenvalue weighted by atomic mass is 16.6. The highest BCUT2D eigenvalue weighted by Crippen LogP contribution is 2.21. The second-order valence-electron chi connectivity index (χ2n) is 7.45. The van der Waals surface area contributed by atoms with Gasteiger partial charge in [0, 0.05) is 38.3 Å². The molecule has 2 unspecified atom stereocenters. The SMILES string of the molecule is CC(C)(C)OC(=O)NCC(CN)N1CCC(N2CCCC2)C1. The Kier molecular flexibility index (Phi) is 6.06. The second kappa shape index (κ2) is 7.62. The summed E-state index contributed by atoms with van der Waals surface area (Å²) in [6.45, 7) is 11.3. The number of hydrogen-bond donors (Lipinski definition) is 2. The number of rotatable bonds is 5. The van der Waals surface area contributed by atoms with E-state index < -0.39 is 5.60 Å². The Morgan fingerprint density at radius 3 is 2.59 bits per heavy atom. The normalized spacial score (nSPS) is 25.4. The molecule has 22 heavy (non-hydrogen) atoms. The van der Waals surface area contributed by atoms with Crippen molar-refractivity contribution in [1.82, 2.24) is 15.1 Å². The fourth-order valence-electron chi connectivity index (χ4n) is 3.38. The maximum Gasteiger partial charge on any atom is 0.407 e. The third-order valence-electron chi connectivity index (χ3n) is 4.52. The standard InChI is InChI=1S/C16H32N4O2/c1-16(2,3)22-15(21)18-11-14(10-17)20-9-6-13(12-20)19-7-4-5-8-19/h13-14H,4-12,17H2,1-3H3,(H,18,21). The van der Waals surface area contributed by atoms with Crippen molar-refractivity contribution >= 4 is 6.09 Å². The van der Waals surface area contributed by atoms with Crippen molar-refractivity contribution in [3.05, 3.63) is 0 Å². The van der Waals surface area contributed by atoms with Crippen molar-refractivity contribution in [1.29, 1.82) is 0 Å². The molecule has 0 spiro atoms. The molecule has 1 amide bonds. The molecular formula is C16H32N4O2. The van der Waals surface area contributed by atoms with Crippen LogP contribution in [0.5, 0.6) is 0 Å². The van der Waals surface area contributed by atoms with Gasteiger partial charge in [0.2, 0.25) is 0 Å². The topological polar surface area (TPSA) is 70.8 Å². The van der Waals surface area contributed by atoms with Crippen LogP contribution >= 0.6 is 0 Å². The minimum absolute atomic E-state index is 0.195. The highest BCUT2D eigenvalue weighted by molar-refractivity contribution is 5.67. The third-order valence-corrected chi connectivity index (χ3v) is 4.52. The van der Waals surface area contributed by atoms with Crippen LogP contribution in [0.4, 0.5) is 4.79 Å². The highest BCUT2D eigenvalue weighted by Gasteiger charge is 2.32. The molecule has 2 heterocycles. The number of nitrogens with one attached hydrogen (secondary N) is 1. The van der Waals surface area contributed by atoms with Gasteiger partial charge in [-0.05, 0) is 53.1 Å². The van der Waals surface area contributed by atoms with E-state index in [4.69, 9.17) is 10.5 Å². The second-order valence-corrected chi connectivity index (χ2v) is 7.45. The predicted octanol–water partition coefficient (Wildman–Crippen LogP) is 1.01. The molecule has 0 aromatic heterocycles. The van der Waals surface area contributed by atoms with Crippen molar-refractivity contribution < 1.29 is 9.53 Å². The minimum Gasteiger partial charge on any atom is -0.444 e. The van der Waals surface area contributed by atoms with E-state index in [2.05, 4.69) is 15.1 Å². The molecule has 2 aliphatic rings. The van der Waals surface area contributed by atoms with Gasteiger partial charge in [-0.15, -0.1) is 0 Å².